The highest BCUT2D eigenvalue weighted by atomic mass is 32.2. The zero-order chi connectivity index (χ0) is 11.1. The van der Waals surface area contributed by atoms with E-state index >= 15 is 0 Å². The molecule has 5 heteroatoms. The molecule has 0 amide bonds. The molecule has 4 nitrogen and oxygen atoms in total. The van der Waals surface area contributed by atoms with Crippen LogP contribution in [0.15, 0.2) is 35.7 Å². The molecule has 0 saturated carbocycles. The molecule has 0 saturated heterocycles. The molecule has 0 fully saturated rings. The minimum atomic E-state index is -3.68. The van der Waals surface area contributed by atoms with Crippen LogP contribution in [0.25, 0.3) is 6.08 Å². The van der Waals surface area contributed by atoms with Crippen molar-refractivity contribution < 1.29 is 17.7 Å². The number of benzene rings is 1. The lowest BCUT2D eigenvalue weighted by Crippen LogP contribution is -2.05. The third kappa shape index (κ3) is 4.73. The van der Waals surface area contributed by atoms with Crippen molar-refractivity contribution in [2.75, 3.05) is 13.2 Å². The lowest BCUT2D eigenvalue weighted by atomic mass is 10.2. The summed E-state index contributed by atoms with van der Waals surface area (Å²) < 4.78 is 26.7. The van der Waals surface area contributed by atoms with Gasteiger partial charge >= 0.3 is 0 Å². The lowest BCUT2D eigenvalue weighted by molar-refractivity contribution is 0.207. The highest BCUT2D eigenvalue weighted by molar-refractivity contribution is 7.89. The summed E-state index contributed by atoms with van der Waals surface area (Å²) in [5.41, 5.74) is 0.772. The van der Waals surface area contributed by atoms with Gasteiger partial charge in [-0.15, -0.1) is 0 Å². The monoisotopic (exact) mass is 228 g/mol. The van der Waals surface area contributed by atoms with Crippen molar-refractivity contribution >= 4 is 16.2 Å². The molecule has 15 heavy (non-hydrogen) atoms. The number of hydrogen-bond acceptors (Lipinski definition) is 4. The average molecular weight is 228 g/mol. The Morgan fingerprint density at radius 2 is 1.93 bits per heavy atom. The van der Waals surface area contributed by atoms with Crippen molar-refractivity contribution in [2.45, 2.75) is 0 Å². The molecule has 82 valence electrons. The second-order valence-electron chi connectivity index (χ2n) is 2.75. The number of rotatable bonds is 5. The van der Waals surface area contributed by atoms with Gasteiger partial charge in [0.15, 0.2) is 0 Å². The normalized spacial score (nSPS) is 12.1. The van der Waals surface area contributed by atoms with Crippen molar-refractivity contribution in [3.8, 4) is 0 Å². The van der Waals surface area contributed by atoms with Gasteiger partial charge in [-0.3, -0.25) is 4.18 Å². The van der Waals surface area contributed by atoms with Crippen LogP contribution in [-0.4, -0.2) is 26.7 Å². The predicted molar refractivity (Wildman–Crippen MR) is 57.4 cm³/mol. The summed E-state index contributed by atoms with van der Waals surface area (Å²) in [5, 5.41) is 9.37. The first kappa shape index (κ1) is 11.9. The zero-order valence-corrected chi connectivity index (χ0v) is 8.85. The van der Waals surface area contributed by atoms with E-state index in [-0.39, 0.29) is 13.2 Å². The molecule has 0 spiro atoms. The Morgan fingerprint density at radius 3 is 2.53 bits per heavy atom. The second-order valence-corrected chi connectivity index (χ2v) is 4.25. The average Bonchev–Trinajstić information content (AvgIpc) is 2.25. The van der Waals surface area contributed by atoms with Gasteiger partial charge in [0.1, 0.15) is 0 Å². The molecule has 1 rings (SSSR count). The quantitative estimate of drug-likeness (QED) is 0.763. The van der Waals surface area contributed by atoms with Crippen molar-refractivity contribution in [1.29, 1.82) is 0 Å². The van der Waals surface area contributed by atoms with Gasteiger partial charge in [0.2, 0.25) is 0 Å². The largest absolute Gasteiger partial charge is 0.394 e. The maximum absolute atomic E-state index is 11.1. The highest BCUT2D eigenvalue weighted by Crippen LogP contribution is 2.04. The molecule has 0 aliphatic carbocycles. The molecular weight excluding hydrogens is 216 g/mol. The molecule has 1 aromatic rings. The number of aliphatic hydroxyl groups excluding tert-OH is 1. The fraction of sp³-hybridized carbons (Fsp3) is 0.200. The third-order valence-corrected chi connectivity index (χ3v) is 2.53. The number of hydrogen-bond donors (Lipinski definition) is 1. The second kappa shape index (κ2) is 5.65. The van der Waals surface area contributed by atoms with Gasteiger partial charge in [-0.25, -0.2) is 0 Å². The van der Waals surface area contributed by atoms with Crippen LogP contribution in [0, 0.1) is 0 Å². The summed E-state index contributed by atoms with van der Waals surface area (Å²) in [6.45, 7) is -0.542. The maximum Gasteiger partial charge on any atom is 0.290 e. The molecule has 0 radical (unpaired) electrons. The third-order valence-electron chi connectivity index (χ3n) is 1.57. The van der Waals surface area contributed by atoms with E-state index in [0.717, 1.165) is 11.0 Å². The Balaban J connectivity index is 2.65. The van der Waals surface area contributed by atoms with E-state index < -0.39 is 10.1 Å². The van der Waals surface area contributed by atoms with Crippen LogP contribution in [0.1, 0.15) is 5.56 Å². The Bertz CT molecular complexity index is 408. The molecule has 0 bridgehead atoms. The summed E-state index contributed by atoms with van der Waals surface area (Å²) in [4.78, 5) is 0. The van der Waals surface area contributed by atoms with Crippen molar-refractivity contribution in [3.63, 3.8) is 0 Å². The van der Waals surface area contributed by atoms with Crippen LogP contribution in [0.4, 0.5) is 0 Å². The van der Waals surface area contributed by atoms with E-state index in [0.29, 0.717) is 0 Å². The lowest BCUT2D eigenvalue weighted by Gasteiger charge is -1.97. The Labute approximate surface area is 88.9 Å². The van der Waals surface area contributed by atoms with Crippen molar-refractivity contribution in [2.24, 2.45) is 0 Å². The Morgan fingerprint density at radius 1 is 1.27 bits per heavy atom. The van der Waals surface area contributed by atoms with Gasteiger partial charge in [-0.05, 0) is 11.6 Å². The van der Waals surface area contributed by atoms with Crippen molar-refractivity contribution in [1.82, 2.24) is 0 Å². The Kier molecular flexibility index (Phi) is 4.48. The van der Waals surface area contributed by atoms with Crippen LogP contribution >= 0.6 is 0 Å². The molecular formula is C10H12O4S. The van der Waals surface area contributed by atoms with E-state index in [4.69, 9.17) is 5.11 Å². The van der Waals surface area contributed by atoms with Crippen LogP contribution in [0.3, 0.4) is 0 Å². The molecule has 0 aliphatic heterocycles. The van der Waals surface area contributed by atoms with Crippen molar-refractivity contribution in [3.05, 3.63) is 41.3 Å². The first-order valence-corrected chi connectivity index (χ1v) is 5.84. The molecule has 0 aromatic heterocycles. The van der Waals surface area contributed by atoms with E-state index in [1.54, 1.807) is 24.3 Å². The fourth-order valence-electron chi connectivity index (χ4n) is 0.919. The zero-order valence-electron chi connectivity index (χ0n) is 8.04. The van der Waals surface area contributed by atoms with Gasteiger partial charge < -0.3 is 5.11 Å². The van der Waals surface area contributed by atoms with Gasteiger partial charge in [0.25, 0.3) is 10.1 Å². The topological polar surface area (TPSA) is 63.6 Å². The van der Waals surface area contributed by atoms with E-state index in [1.807, 2.05) is 6.07 Å². The minimum Gasteiger partial charge on any atom is -0.394 e. The first-order chi connectivity index (χ1) is 7.14. The smallest absolute Gasteiger partial charge is 0.290 e. The highest BCUT2D eigenvalue weighted by Gasteiger charge is 2.04. The summed E-state index contributed by atoms with van der Waals surface area (Å²) >= 11 is 0. The molecule has 0 atom stereocenters. The van der Waals surface area contributed by atoms with Crippen LogP contribution in [0.5, 0.6) is 0 Å². The Hall–Kier alpha value is -1.17. The summed E-state index contributed by atoms with van der Waals surface area (Å²) in [5.74, 6) is 0. The molecule has 0 unspecified atom stereocenters. The molecule has 0 heterocycles. The van der Waals surface area contributed by atoms with Gasteiger partial charge in [0.05, 0.1) is 18.6 Å². The maximum atomic E-state index is 11.1. The predicted octanol–water partition coefficient (Wildman–Crippen LogP) is 0.996. The number of aliphatic hydroxyl groups is 1. The van der Waals surface area contributed by atoms with E-state index in [9.17, 15) is 8.42 Å². The van der Waals surface area contributed by atoms with Crippen LogP contribution < -0.4 is 0 Å². The molecule has 1 aromatic carbocycles. The first-order valence-electron chi connectivity index (χ1n) is 4.37. The summed E-state index contributed by atoms with van der Waals surface area (Å²) in [7, 11) is -3.68. The van der Waals surface area contributed by atoms with Crippen LogP contribution in [0.2, 0.25) is 0 Å². The molecule has 1 N–H and O–H groups in total. The van der Waals surface area contributed by atoms with E-state index in [1.165, 1.54) is 6.08 Å². The standard InChI is InChI=1S/C10H12O4S/c11-7-8-14-15(12,13)9-6-10-4-2-1-3-5-10/h1-6,9,11H,7-8H2. The summed E-state index contributed by atoms with van der Waals surface area (Å²) in [6.07, 6.45) is 1.44. The van der Waals surface area contributed by atoms with Gasteiger partial charge in [-0.2, -0.15) is 8.42 Å². The van der Waals surface area contributed by atoms with Gasteiger partial charge in [0, 0.05) is 0 Å². The van der Waals surface area contributed by atoms with Gasteiger partial charge in [-0.1, -0.05) is 30.3 Å². The fourth-order valence-corrected chi connectivity index (χ4v) is 1.63. The van der Waals surface area contributed by atoms with Crippen LogP contribution in [-0.2, 0) is 14.3 Å². The molecule has 0 aliphatic rings. The SMILES string of the molecule is O=S(=O)(C=Cc1ccccc1)OCCO. The van der Waals surface area contributed by atoms with E-state index in [2.05, 4.69) is 4.18 Å². The minimum absolute atomic E-state index is 0.221. The summed E-state index contributed by atoms with van der Waals surface area (Å²) in [6, 6.07) is 9.01.